The molecule has 1 aromatic heterocycles. The maximum atomic E-state index is 10.9. The summed E-state index contributed by atoms with van der Waals surface area (Å²) in [6, 6.07) is 16.9. The number of amides is 1. The predicted octanol–water partition coefficient (Wildman–Crippen LogP) is 3.31. The standard InChI is InChI=1S/C22H22N2O5/c1-16-20(23-22(29-16)18-5-3-2-4-6-18)11-12-28-19-9-7-17(8-10-19)13-24(15-25)14-21(26)27/h2-10,15H,11-14H2,1H3,(H,26,27). The zero-order valence-electron chi connectivity index (χ0n) is 16.1. The van der Waals surface area contributed by atoms with E-state index in [1.807, 2.05) is 49.4 Å². The first-order valence-corrected chi connectivity index (χ1v) is 9.20. The van der Waals surface area contributed by atoms with Crippen LogP contribution in [0.1, 0.15) is 17.0 Å². The Morgan fingerprint density at radius 3 is 2.55 bits per heavy atom. The zero-order valence-corrected chi connectivity index (χ0v) is 16.1. The molecule has 0 unspecified atom stereocenters. The van der Waals surface area contributed by atoms with Gasteiger partial charge in [0, 0.05) is 18.5 Å². The van der Waals surface area contributed by atoms with Crippen LogP contribution in [-0.2, 0) is 22.6 Å². The number of ether oxygens (including phenoxy) is 1. The lowest BCUT2D eigenvalue weighted by molar-refractivity contribution is -0.141. The fourth-order valence-corrected chi connectivity index (χ4v) is 2.86. The molecule has 1 N–H and O–H groups in total. The number of aromatic nitrogens is 1. The van der Waals surface area contributed by atoms with Crippen molar-refractivity contribution in [2.75, 3.05) is 13.2 Å². The van der Waals surface area contributed by atoms with Crippen LogP contribution in [0.5, 0.6) is 5.75 Å². The third-order valence-electron chi connectivity index (χ3n) is 4.32. The number of carbonyl (C=O) groups excluding carboxylic acids is 1. The monoisotopic (exact) mass is 394 g/mol. The molecule has 29 heavy (non-hydrogen) atoms. The number of hydrogen-bond donors (Lipinski definition) is 1. The first kappa shape index (κ1) is 20.1. The molecule has 1 heterocycles. The van der Waals surface area contributed by atoms with Crippen LogP contribution >= 0.6 is 0 Å². The minimum Gasteiger partial charge on any atom is -0.493 e. The third kappa shape index (κ3) is 5.68. The zero-order chi connectivity index (χ0) is 20.6. The largest absolute Gasteiger partial charge is 0.493 e. The van der Waals surface area contributed by atoms with E-state index in [0.29, 0.717) is 31.1 Å². The van der Waals surface area contributed by atoms with Crippen LogP contribution in [0, 0.1) is 6.92 Å². The highest BCUT2D eigenvalue weighted by Gasteiger charge is 2.11. The summed E-state index contributed by atoms with van der Waals surface area (Å²) < 4.78 is 11.5. The maximum absolute atomic E-state index is 10.9. The summed E-state index contributed by atoms with van der Waals surface area (Å²) in [5, 5.41) is 8.78. The van der Waals surface area contributed by atoms with Gasteiger partial charge < -0.3 is 19.2 Å². The number of benzene rings is 2. The summed E-state index contributed by atoms with van der Waals surface area (Å²) in [7, 11) is 0. The minimum absolute atomic E-state index is 0.233. The van der Waals surface area contributed by atoms with Gasteiger partial charge in [0.25, 0.3) is 0 Å². The average Bonchev–Trinajstić information content (AvgIpc) is 3.10. The SMILES string of the molecule is Cc1oc(-c2ccccc2)nc1CCOc1ccc(CN(C=O)CC(=O)O)cc1. The topological polar surface area (TPSA) is 92.9 Å². The number of carbonyl (C=O) groups is 2. The number of nitrogens with zero attached hydrogens (tertiary/aromatic N) is 2. The summed E-state index contributed by atoms with van der Waals surface area (Å²) in [6.07, 6.45) is 1.14. The third-order valence-corrected chi connectivity index (χ3v) is 4.32. The molecule has 1 amide bonds. The highest BCUT2D eigenvalue weighted by molar-refractivity contribution is 5.71. The van der Waals surface area contributed by atoms with Gasteiger partial charge in [0.2, 0.25) is 12.3 Å². The summed E-state index contributed by atoms with van der Waals surface area (Å²) >= 11 is 0. The van der Waals surface area contributed by atoms with Crippen LogP contribution in [0.2, 0.25) is 0 Å². The van der Waals surface area contributed by atoms with Gasteiger partial charge in [0.1, 0.15) is 18.1 Å². The molecule has 3 rings (SSSR count). The van der Waals surface area contributed by atoms with Gasteiger partial charge in [-0.25, -0.2) is 4.98 Å². The molecule has 0 aliphatic heterocycles. The molecule has 0 aliphatic carbocycles. The number of aryl methyl sites for hydroxylation is 1. The van der Waals surface area contributed by atoms with Crippen LogP contribution < -0.4 is 4.74 Å². The second-order valence-corrected chi connectivity index (χ2v) is 6.53. The van der Waals surface area contributed by atoms with E-state index in [9.17, 15) is 9.59 Å². The first-order chi connectivity index (χ1) is 14.0. The van der Waals surface area contributed by atoms with E-state index in [-0.39, 0.29) is 13.1 Å². The van der Waals surface area contributed by atoms with Crippen molar-refractivity contribution < 1.29 is 23.8 Å². The fraction of sp³-hybridized carbons (Fsp3) is 0.227. The molecule has 0 spiro atoms. The lowest BCUT2D eigenvalue weighted by Gasteiger charge is -2.15. The van der Waals surface area contributed by atoms with Crippen molar-refractivity contribution in [3.8, 4) is 17.2 Å². The van der Waals surface area contributed by atoms with Crippen LogP contribution in [0.15, 0.2) is 59.0 Å². The van der Waals surface area contributed by atoms with Crippen molar-refractivity contribution in [1.82, 2.24) is 9.88 Å². The summed E-state index contributed by atoms with van der Waals surface area (Å²) in [5.74, 6) is 1.02. The number of hydrogen-bond acceptors (Lipinski definition) is 5. The van der Waals surface area contributed by atoms with Crippen molar-refractivity contribution in [3.63, 3.8) is 0 Å². The Morgan fingerprint density at radius 1 is 1.17 bits per heavy atom. The number of carboxylic acid groups (broad SMARTS) is 1. The van der Waals surface area contributed by atoms with E-state index in [1.54, 1.807) is 12.1 Å². The van der Waals surface area contributed by atoms with Gasteiger partial charge in [-0.3, -0.25) is 9.59 Å². The molecule has 2 aromatic carbocycles. The summed E-state index contributed by atoms with van der Waals surface area (Å²) in [6.45, 7) is 2.24. The van der Waals surface area contributed by atoms with Crippen LogP contribution in [0.4, 0.5) is 0 Å². The van der Waals surface area contributed by atoms with Gasteiger partial charge in [-0.2, -0.15) is 0 Å². The molecule has 0 aliphatic rings. The Hall–Kier alpha value is -3.61. The Labute approximate surface area is 168 Å². The van der Waals surface area contributed by atoms with Crippen LogP contribution in [-0.4, -0.2) is 40.5 Å². The van der Waals surface area contributed by atoms with Crippen molar-refractivity contribution >= 4 is 12.4 Å². The van der Waals surface area contributed by atoms with E-state index >= 15 is 0 Å². The number of rotatable bonds is 10. The number of oxazole rings is 1. The predicted molar refractivity (Wildman–Crippen MR) is 106 cm³/mol. The van der Waals surface area contributed by atoms with Crippen molar-refractivity contribution in [2.24, 2.45) is 0 Å². The van der Waals surface area contributed by atoms with Crippen LogP contribution in [0.25, 0.3) is 11.5 Å². The van der Waals surface area contributed by atoms with Gasteiger partial charge in [0.15, 0.2) is 0 Å². The van der Waals surface area contributed by atoms with Crippen molar-refractivity contribution in [1.29, 1.82) is 0 Å². The molecule has 0 saturated heterocycles. The lowest BCUT2D eigenvalue weighted by Crippen LogP contribution is -2.27. The van der Waals surface area contributed by atoms with E-state index in [2.05, 4.69) is 4.98 Å². The molecule has 0 atom stereocenters. The summed E-state index contributed by atoms with van der Waals surface area (Å²) in [5.41, 5.74) is 2.62. The molecule has 0 bridgehead atoms. The Kier molecular flexibility index (Phi) is 6.63. The number of aliphatic carboxylic acids is 1. The first-order valence-electron chi connectivity index (χ1n) is 9.20. The van der Waals surface area contributed by atoms with E-state index < -0.39 is 5.97 Å². The quantitative estimate of drug-likeness (QED) is 0.530. The molecule has 150 valence electrons. The van der Waals surface area contributed by atoms with E-state index in [4.69, 9.17) is 14.3 Å². The van der Waals surface area contributed by atoms with Gasteiger partial charge in [0.05, 0.1) is 12.3 Å². The molecule has 7 nitrogen and oxygen atoms in total. The molecule has 7 heteroatoms. The van der Waals surface area contributed by atoms with Crippen molar-refractivity contribution in [3.05, 3.63) is 71.6 Å². The highest BCUT2D eigenvalue weighted by atomic mass is 16.5. The molecule has 0 fully saturated rings. The van der Waals surface area contributed by atoms with Crippen molar-refractivity contribution in [2.45, 2.75) is 19.9 Å². The molecule has 0 saturated carbocycles. The normalized spacial score (nSPS) is 10.5. The van der Waals surface area contributed by atoms with Gasteiger partial charge in [-0.1, -0.05) is 30.3 Å². The molecule has 3 aromatic rings. The fourth-order valence-electron chi connectivity index (χ4n) is 2.86. The molecular weight excluding hydrogens is 372 g/mol. The number of carboxylic acids is 1. The Bertz CT molecular complexity index is 951. The average molecular weight is 394 g/mol. The van der Waals surface area contributed by atoms with E-state index in [1.165, 1.54) is 4.90 Å². The van der Waals surface area contributed by atoms with E-state index in [0.717, 1.165) is 22.6 Å². The minimum atomic E-state index is -1.05. The van der Waals surface area contributed by atoms with Crippen LogP contribution in [0.3, 0.4) is 0 Å². The maximum Gasteiger partial charge on any atom is 0.323 e. The lowest BCUT2D eigenvalue weighted by atomic mass is 10.2. The van der Waals surface area contributed by atoms with Gasteiger partial charge in [-0.05, 0) is 36.8 Å². The Balaban J connectivity index is 1.53. The smallest absolute Gasteiger partial charge is 0.323 e. The summed E-state index contributed by atoms with van der Waals surface area (Å²) in [4.78, 5) is 27.4. The van der Waals surface area contributed by atoms with Gasteiger partial charge in [-0.15, -0.1) is 0 Å². The second-order valence-electron chi connectivity index (χ2n) is 6.53. The van der Waals surface area contributed by atoms with Gasteiger partial charge >= 0.3 is 5.97 Å². The second kappa shape index (κ2) is 9.54. The Morgan fingerprint density at radius 2 is 1.90 bits per heavy atom. The highest BCUT2D eigenvalue weighted by Crippen LogP contribution is 2.22. The molecule has 0 radical (unpaired) electrons. The molecular formula is C22H22N2O5.